The van der Waals surface area contributed by atoms with Crippen LogP contribution in [0.4, 0.5) is 0 Å². The van der Waals surface area contributed by atoms with Crippen molar-refractivity contribution >= 4 is 27.9 Å². The van der Waals surface area contributed by atoms with Gasteiger partial charge in [0.1, 0.15) is 6.07 Å². The molecular formula is C41H52IrN3O2S-. The SMILES string of the molecule is CC(C)(C)Cc1nc(-c2cc(-c3[c-]c4ccccc4c(C(C)(C)C)c3)ncc2C#N)cs1.CCC(CC)C(=O)/C=C(\O)C(CC)CC.[Ir]. The molecule has 0 fully saturated rings. The fraction of sp³-hybridized carbons (Fsp3) is 0.463. The first kappa shape index (κ1) is 41.0. The maximum Gasteiger partial charge on any atom is 0.162 e. The van der Waals surface area contributed by atoms with Gasteiger partial charge in [0.2, 0.25) is 0 Å². The zero-order valence-corrected chi connectivity index (χ0v) is 33.5. The van der Waals surface area contributed by atoms with Gasteiger partial charge in [-0.1, -0.05) is 104 Å². The molecule has 0 aliphatic heterocycles. The molecule has 4 aromatic rings. The summed E-state index contributed by atoms with van der Waals surface area (Å²) in [5, 5.41) is 24.9. The van der Waals surface area contributed by atoms with E-state index < -0.39 is 0 Å². The molecule has 0 bridgehead atoms. The average molecular weight is 843 g/mol. The van der Waals surface area contributed by atoms with Crippen molar-refractivity contribution in [2.45, 2.75) is 107 Å². The molecule has 0 atom stereocenters. The van der Waals surface area contributed by atoms with Gasteiger partial charge in [0, 0.05) is 67.3 Å². The van der Waals surface area contributed by atoms with Crippen molar-refractivity contribution < 1.29 is 30.0 Å². The van der Waals surface area contributed by atoms with Crippen LogP contribution >= 0.6 is 11.3 Å². The second-order valence-corrected chi connectivity index (χ2v) is 15.4. The predicted octanol–water partition coefficient (Wildman–Crippen LogP) is 11.5. The number of nitriles is 1. The van der Waals surface area contributed by atoms with Gasteiger partial charge in [0.05, 0.1) is 22.0 Å². The quantitative estimate of drug-likeness (QED) is 0.0976. The first-order chi connectivity index (χ1) is 22.1. The molecule has 0 spiro atoms. The number of rotatable bonds is 10. The fourth-order valence-electron chi connectivity index (χ4n) is 5.64. The summed E-state index contributed by atoms with van der Waals surface area (Å²) in [6, 6.07) is 18.4. The van der Waals surface area contributed by atoms with Gasteiger partial charge in [-0.25, -0.2) is 4.98 Å². The Morgan fingerprint density at radius 3 is 2.17 bits per heavy atom. The second-order valence-electron chi connectivity index (χ2n) is 14.5. The molecule has 0 saturated heterocycles. The fourth-order valence-corrected chi connectivity index (χ4v) is 6.74. The molecule has 2 aromatic carbocycles. The van der Waals surface area contributed by atoms with Crippen molar-refractivity contribution in [1.82, 2.24) is 9.97 Å². The number of fused-ring (bicyclic) bond motifs is 1. The molecule has 259 valence electrons. The van der Waals surface area contributed by atoms with E-state index >= 15 is 0 Å². The number of pyridine rings is 1. The van der Waals surface area contributed by atoms with E-state index in [0.717, 1.165) is 65.0 Å². The Balaban J connectivity index is 0.000000427. The number of carbonyl (C=O) groups is 1. The first-order valence-corrected chi connectivity index (χ1v) is 17.8. The molecule has 0 saturated carbocycles. The number of allylic oxidation sites excluding steroid dienone is 2. The van der Waals surface area contributed by atoms with Gasteiger partial charge in [0.25, 0.3) is 0 Å². The molecule has 48 heavy (non-hydrogen) atoms. The van der Waals surface area contributed by atoms with E-state index in [9.17, 15) is 15.2 Å². The van der Waals surface area contributed by atoms with Crippen LogP contribution in [0.25, 0.3) is 33.3 Å². The standard InChI is InChI=1S/C28H28N3S.C13H24O2.Ir/c1-27(2,3)14-26-31-25(17-32-26)22-13-24(30-16-20(22)15-29)19-11-18-9-7-8-10-21(18)23(12-19)28(4,5)6;1-5-10(6-2)12(14)9-13(15)11(7-3)8-4;/h7-10,12-13,16-17H,14H2,1-6H3;9-11,14H,5-8H2,1-4H3;/q-1;;/b;12-9-;. The smallest absolute Gasteiger partial charge is 0.162 e. The van der Waals surface area contributed by atoms with E-state index in [4.69, 9.17) is 4.98 Å². The summed E-state index contributed by atoms with van der Waals surface area (Å²) >= 11 is 1.65. The number of aliphatic hydroxyl groups is 1. The number of aromatic nitrogens is 2. The number of nitrogens with zero attached hydrogens (tertiary/aromatic N) is 3. The third-order valence-electron chi connectivity index (χ3n) is 8.47. The van der Waals surface area contributed by atoms with Gasteiger partial charge in [-0.2, -0.15) is 5.26 Å². The Kier molecular flexibility index (Phi) is 15.4. The van der Waals surface area contributed by atoms with Crippen LogP contribution in [0.2, 0.25) is 0 Å². The van der Waals surface area contributed by atoms with Crippen molar-refractivity contribution in [3.8, 4) is 28.6 Å². The van der Waals surface area contributed by atoms with Crippen LogP contribution in [0.5, 0.6) is 0 Å². The van der Waals surface area contributed by atoms with Crippen molar-refractivity contribution in [2.75, 3.05) is 0 Å². The topological polar surface area (TPSA) is 86.9 Å². The van der Waals surface area contributed by atoms with Gasteiger partial charge in [-0.05, 0) is 36.5 Å². The normalized spacial score (nSPS) is 12.0. The van der Waals surface area contributed by atoms with Crippen LogP contribution in [0.15, 0.2) is 59.8 Å². The van der Waals surface area contributed by atoms with Gasteiger partial charge in [-0.3, -0.25) is 9.78 Å². The molecular weight excluding hydrogens is 791 g/mol. The molecule has 7 heteroatoms. The minimum atomic E-state index is -0.0182. The summed E-state index contributed by atoms with van der Waals surface area (Å²) in [4.78, 5) is 21.2. The number of thiazole rings is 1. The Bertz CT molecular complexity index is 1730. The van der Waals surface area contributed by atoms with Gasteiger partial charge >= 0.3 is 0 Å². The summed E-state index contributed by atoms with van der Waals surface area (Å²) in [5.41, 5.74) is 5.36. The van der Waals surface area contributed by atoms with Crippen molar-refractivity contribution in [1.29, 1.82) is 5.26 Å². The average Bonchev–Trinajstić information content (AvgIpc) is 3.48. The molecule has 2 heterocycles. The molecule has 0 unspecified atom stereocenters. The Labute approximate surface area is 306 Å². The Morgan fingerprint density at radius 1 is 0.979 bits per heavy atom. The van der Waals surface area contributed by atoms with Crippen LogP contribution in [-0.2, 0) is 36.7 Å². The minimum absolute atomic E-state index is 0. The zero-order valence-electron chi connectivity index (χ0n) is 30.3. The zero-order chi connectivity index (χ0) is 34.9. The van der Waals surface area contributed by atoms with Crippen LogP contribution < -0.4 is 0 Å². The monoisotopic (exact) mass is 843 g/mol. The Morgan fingerprint density at radius 2 is 1.60 bits per heavy atom. The maximum absolute atomic E-state index is 11.7. The van der Waals surface area contributed by atoms with Crippen LogP contribution in [-0.4, -0.2) is 20.9 Å². The van der Waals surface area contributed by atoms with Crippen LogP contribution in [0.1, 0.15) is 111 Å². The minimum Gasteiger partial charge on any atom is -0.512 e. The van der Waals surface area contributed by atoms with Gasteiger partial charge in [0.15, 0.2) is 5.78 Å². The van der Waals surface area contributed by atoms with E-state index in [2.05, 4.69) is 82.9 Å². The van der Waals surface area contributed by atoms with Crippen molar-refractivity contribution in [2.24, 2.45) is 17.3 Å². The first-order valence-electron chi connectivity index (χ1n) is 16.9. The molecule has 4 rings (SSSR count). The molecule has 0 aliphatic carbocycles. The summed E-state index contributed by atoms with van der Waals surface area (Å²) < 4.78 is 0. The number of benzene rings is 2. The van der Waals surface area contributed by atoms with Crippen LogP contribution in [0, 0.1) is 34.6 Å². The molecule has 0 amide bonds. The summed E-state index contributed by atoms with van der Waals surface area (Å²) in [6.45, 7) is 21.4. The maximum atomic E-state index is 11.7. The van der Waals surface area contributed by atoms with Gasteiger partial charge in [-0.15, -0.1) is 40.5 Å². The number of aliphatic hydroxyl groups excluding tert-OH is 1. The third-order valence-corrected chi connectivity index (χ3v) is 9.32. The number of ketones is 1. The predicted molar refractivity (Wildman–Crippen MR) is 198 cm³/mol. The van der Waals surface area contributed by atoms with Gasteiger partial charge < -0.3 is 5.11 Å². The largest absolute Gasteiger partial charge is 0.512 e. The number of hydrogen-bond donors (Lipinski definition) is 1. The van der Waals surface area contributed by atoms with E-state index in [1.54, 1.807) is 17.5 Å². The van der Waals surface area contributed by atoms with Crippen molar-refractivity contribution in [3.05, 3.63) is 82.0 Å². The molecule has 1 radical (unpaired) electrons. The number of hydrogen-bond acceptors (Lipinski definition) is 6. The van der Waals surface area contributed by atoms with E-state index in [-0.39, 0.29) is 54.3 Å². The van der Waals surface area contributed by atoms with Crippen molar-refractivity contribution in [3.63, 3.8) is 0 Å². The number of carbonyl (C=O) groups excluding carboxylic acids is 1. The van der Waals surface area contributed by atoms with Crippen LogP contribution in [0.3, 0.4) is 0 Å². The molecule has 2 aromatic heterocycles. The van der Waals surface area contributed by atoms with E-state index in [1.807, 2.05) is 45.2 Å². The van der Waals surface area contributed by atoms with E-state index in [0.29, 0.717) is 5.56 Å². The summed E-state index contributed by atoms with van der Waals surface area (Å²) in [7, 11) is 0. The molecule has 1 N–H and O–H groups in total. The van der Waals surface area contributed by atoms with E-state index in [1.165, 1.54) is 17.0 Å². The molecule has 5 nitrogen and oxygen atoms in total. The second kappa shape index (κ2) is 18.0. The summed E-state index contributed by atoms with van der Waals surface area (Å²) in [6.07, 6.45) is 7.47. The molecule has 0 aliphatic rings. The summed E-state index contributed by atoms with van der Waals surface area (Å²) in [5.74, 6) is 0.547. The third kappa shape index (κ3) is 10.9. The Hall–Kier alpha value is -3.17.